The van der Waals surface area contributed by atoms with Crippen LogP contribution in [0.5, 0.6) is 0 Å². The molecule has 8 heteroatoms. The zero-order chi connectivity index (χ0) is 14.6. The van der Waals surface area contributed by atoms with Crippen molar-refractivity contribution >= 4 is 21.4 Å². The Morgan fingerprint density at radius 1 is 1.37 bits per heavy atom. The van der Waals surface area contributed by atoms with Gasteiger partial charge in [0, 0.05) is 6.07 Å². The number of rotatable bonds is 6. The average Bonchev–Trinajstić information content (AvgIpc) is 2.22. The average molecular weight is 294 g/mol. The highest BCUT2D eigenvalue weighted by molar-refractivity contribution is 7.92. The molecule has 0 unspecified atom stereocenters. The number of benzene rings is 1. The molecule has 0 saturated carbocycles. The first-order valence-corrected chi connectivity index (χ1v) is 7.23. The van der Waals surface area contributed by atoms with Crippen molar-refractivity contribution in [3.8, 4) is 0 Å². The van der Waals surface area contributed by atoms with Gasteiger partial charge in [-0.3, -0.25) is 4.72 Å². The zero-order valence-corrected chi connectivity index (χ0v) is 11.4. The summed E-state index contributed by atoms with van der Waals surface area (Å²) in [6.07, 6.45) is -0.108. The van der Waals surface area contributed by atoms with E-state index in [9.17, 15) is 17.2 Å². The van der Waals surface area contributed by atoms with E-state index >= 15 is 0 Å². The van der Waals surface area contributed by atoms with Crippen LogP contribution in [0.3, 0.4) is 0 Å². The molecule has 0 heterocycles. The maximum Gasteiger partial charge on any atom is 0.235 e. The van der Waals surface area contributed by atoms with E-state index < -0.39 is 27.3 Å². The summed E-state index contributed by atoms with van der Waals surface area (Å²) in [5.74, 6) is -2.28. The highest BCUT2D eigenvalue weighted by atomic mass is 32.2. The molecule has 0 amide bonds. The Labute approximate surface area is 110 Å². The third-order valence-corrected chi connectivity index (χ3v) is 3.37. The predicted molar refractivity (Wildman–Crippen MR) is 69.3 cm³/mol. The minimum Gasteiger partial charge on any atom is -0.397 e. The number of hydrogen-bond donors (Lipinski definition) is 2. The Morgan fingerprint density at radius 2 is 2.00 bits per heavy atom. The Balaban J connectivity index is 2.79. The summed E-state index contributed by atoms with van der Waals surface area (Å²) in [5.41, 5.74) is 4.60. The Morgan fingerprint density at radius 3 is 2.53 bits per heavy atom. The largest absolute Gasteiger partial charge is 0.397 e. The van der Waals surface area contributed by atoms with Gasteiger partial charge in [-0.05, 0) is 19.9 Å². The van der Waals surface area contributed by atoms with E-state index in [2.05, 4.69) is 0 Å². The molecule has 0 aromatic heterocycles. The van der Waals surface area contributed by atoms with Gasteiger partial charge in [0.25, 0.3) is 0 Å². The van der Waals surface area contributed by atoms with Crippen LogP contribution < -0.4 is 10.5 Å². The molecule has 0 bridgehead atoms. The van der Waals surface area contributed by atoms with Crippen LogP contribution >= 0.6 is 0 Å². The number of nitrogen functional groups attached to an aromatic ring is 1. The van der Waals surface area contributed by atoms with Crippen molar-refractivity contribution in [2.75, 3.05) is 22.8 Å². The lowest BCUT2D eigenvalue weighted by atomic mass is 10.2. The van der Waals surface area contributed by atoms with Crippen LogP contribution in [0.25, 0.3) is 0 Å². The van der Waals surface area contributed by atoms with Crippen LogP contribution in [0.15, 0.2) is 12.1 Å². The van der Waals surface area contributed by atoms with Crippen LogP contribution in [0.4, 0.5) is 20.2 Å². The van der Waals surface area contributed by atoms with E-state index in [1.54, 1.807) is 13.8 Å². The second kappa shape index (κ2) is 6.16. The molecule has 0 spiro atoms. The van der Waals surface area contributed by atoms with Crippen molar-refractivity contribution in [2.45, 2.75) is 20.0 Å². The number of sulfonamides is 1. The van der Waals surface area contributed by atoms with Gasteiger partial charge in [-0.25, -0.2) is 17.2 Å². The van der Waals surface area contributed by atoms with Crippen molar-refractivity contribution in [1.82, 2.24) is 0 Å². The third kappa shape index (κ3) is 4.99. The molecule has 1 aromatic carbocycles. The van der Waals surface area contributed by atoms with Crippen molar-refractivity contribution in [3.63, 3.8) is 0 Å². The highest BCUT2D eigenvalue weighted by Gasteiger charge is 2.17. The van der Waals surface area contributed by atoms with E-state index in [-0.39, 0.29) is 24.2 Å². The second-order valence-electron chi connectivity index (χ2n) is 4.19. The third-order valence-electron chi connectivity index (χ3n) is 2.15. The van der Waals surface area contributed by atoms with Crippen LogP contribution in [0, 0.1) is 11.6 Å². The standard InChI is InChI=1S/C11H16F2N2O3S/c1-7(2)18-3-4-19(16,17)15-11-9(13)5-8(12)6-10(11)14/h5-7,15H,3-4,14H2,1-2H3. The molecular formula is C11H16F2N2O3S. The zero-order valence-electron chi connectivity index (χ0n) is 10.6. The molecule has 5 nitrogen and oxygen atoms in total. The molecule has 0 fully saturated rings. The van der Waals surface area contributed by atoms with Gasteiger partial charge in [-0.1, -0.05) is 0 Å². The molecule has 0 aliphatic carbocycles. The molecule has 0 saturated heterocycles. The van der Waals surface area contributed by atoms with Gasteiger partial charge in [0.1, 0.15) is 11.5 Å². The molecule has 0 atom stereocenters. The van der Waals surface area contributed by atoms with Gasteiger partial charge in [0.15, 0.2) is 5.82 Å². The Kier molecular flexibility index (Phi) is 5.07. The Bertz CT molecular complexity index is 524. The summed E-state index contributed by atoms with van der Waals surface area (Å²) < 4.78 is 56.6. The van der Waals surface area contributed by atoms with Gasteiger partial charge in [0.05, 0.1) is 24.2 Å². The first-order chi connectivity index (χ1) is 8.71. The lowest BCUT2D eigenvalue weighted by Gasteiger charge is -2.12. The normalized spacial score (nSPS) is 11.8. The molecule has 1 rings (SSSR count). The molecule has 0 radical (unpaired) electrons. The quantitative estimate of drug-likeness (QED) is 0.783. The van der Waals surface area contributed by atoms with Gasteiger partial charge in [-0.2, -0.15) is 0 Å². The van der Waals surface area contributed by atoms with Gasteiger partial charge in [-0.15, -0.1) is 0 Å². The fourth-order valence-electron chi connectivity index (χ4n) is 1.30. The SMILES string of the molecule is CC(C)OCCS(=O)(=O)Nc1c(N)cc(F)cc1F. The molecule has 19 heavy (non-hydrogen) atoms. The minimum absolute atomic E-state index is 0.0320. The molecule has 1 aromatic rings. The van der Waals surface area contributed by atoms with Crippen LogP contribution in [0.2, 0.25) is 0 Å². The molecule has 3 N–H and O–H groups in total. The lowest BCUT2D eigenvalue weighted by molar-refractivity contribution is 0.0913. The van der Waals surface area contributed by atoms with Crippen molar-refractivity contribution < 1.29 is 21.9 Å². The smallest absolute Gasteiger partial charge is 0.235 e. The summed E-state index contributed by atoms with van der Waals surface area (Å²) in [6, 6.07) is 1.39. The monoisotopic (exact) mass is 294 g/mol. The predicted octanol–water partition coefficient (Wildman–Crippen LogP) is 1.71. The number of nitrogens with two attached hydrogens (primary N) is 1. The van der Waals surface area contributed by atoms with Gasteiger partial charge in [0.2, 0.25) is 10.0 Å². The van der Waals surface area contributed by atoms with Gasteiger partial charge >= 0.3 is 0 Å². The van der Waals surface area contributed by atoms with E-state index in [0.29, 0.717) is 6.07 Å². The molecule has 0 aliphatic heterocycles. The summed E-state index contributed by atoms with van der Waals surface area (Å²) in [5, 5.41) is 0. The van der Waals surface area contributed by atoms with E-state index in [1.165, 1.54) is 0 Å². The van der Waals surface area contributed by atoms with Crippen molar-refractivity contribution in [2.24, 2.45) is 0 Å². The fourth-order valence-corrected chi connectivity index (χ4v) is 2.25. The number of nitrogens with one attached hydrogen (secondary N) is 1. The van der Waals surface area contributed by atoms with Crippen LogP contribution in [-0.2, 0) is 14.8 Å². The molecule has 108 valence electrons. The molecule has 0 aliphatic rings. The fraction of sp³-hybridized carbons (Fsp3) is 0.455. The first-order valence-electron chi connectivity index (χ1n) is 5.58. The number of ether oxygens (including phenoxy) is 1. The number of anilines is 2. The minimum atomic E-state index is -3.81. The summed E-state index contributed by atoms with van der Waals surface area (Å²) in [4.78, 5) is 0. The summed E-state index contributed by atoms with van der Waals surface area (Å²) >= 11 is 0. The maximum atomic E-state index is 13.4. The van der Waals surface area contributed by atoms with Crippen LogP contribution in [0.1, 0.15) is 13.8 Å². The second-order valence-corrected chi connectivity index (χ2v) is 6.03. The molecular weight excluding hydrogens is 278 g/mol. The van der Waals surface area contributed by atoms with Crippen molar-refractivity contribution in [1.29, 1.82) is 0 Å². The summed E-state index contributed by atoms with van der Waals surface area (Å²) in [7, 11) is -3.81. The van der Waals surface area contributed by atoms with E-state index in [4.69, 9.17) is 10.5 Å². The number of hydrogen-bond acceptors (Lipinski definition) is 4. The maximum absolute atomic E-state index is 13.4. The van der Waals surface area contributed by atoms with E-state index in [1.807, 2.05) is 4.72 Å². The van der Waals surface area contributed by atoms with Crippen LogP contribution in [-0.4, -0.2) is 26.9 Å². The van der Waals surface area contributed by atoms with E-state index in [0.717, 1.165) is 6.07 Å². The van der Waals surface area contributed by atoms with Crippen molar-refractivity contribution in [3.05, 3.63) is 23.8 Å². The summed E-state index contributed by atoms with van der Waals surface area (Å²) in [6.45, 7) is 3.49. The highest BCUT2D eigenvalue weighted by Crippen LogP contribution is 2.24. The lowest BCUT2D eigenvalue weighted by Crippen LogP contribution is -2.22. The number of halogens is 2. The first kappa shape index (κ1) is 15.6. The Hall–Kier alpha value is -1.41. The van der Waals surface area contributed by atoms with Gasteiger partial charge < -0.3 is 10.5 Å². The topological polar surface area (TPSA) is 81.4 Å².